The average molecular weight is 650 g/mol. The van der Waals surface area contributed by atoms with Gasteiger partial charge in [-0.25, -0.2) is 4.98 Å². The Hall–Kier alpha value is -4.83. The van der Waals surface area contributed by atoms with E-state index in [1.807, 2.05) is 44.2 Å². The predicted molar refractivity (Wildman–Crippen MR) is 170 cm³/mol. The second-order valence-electron chi connectivity index (χ2n) is 11.4. The van der Waals surface area contributed by atoms with Crippen LogP contribution in [0.4, 0.5) is 13.2 Å². The predicted octanol–water partition coefficient (Wildman–Crippen LogP) is 9.07. The van der Waals surface area contributed by atoms with Gasteiger partial charge in [-0.05, 0) is 73.4 Å². The van der Waals surface area contributed by atoms with Crippen LogP contribution in [-0.2, 0) is 24.7 Å². The fourth-order valence-electron chi connectivity index (χ4n) is 5.12. The Kier molecular flexibility index (Phi) is 8.86. The molecule has 1 amide bonds. The van der Waals surface area contributed by atoms with Crippen molar-refractivity contribution in [1.82, 2.24) is 14.9 Å². The minimum absolute atomic E-state index is 0.0331. The van der Waals surface area contributed by atoms with Crippen LogP contribution >= 0.6 is 11.6 Å². The molecule has 0 aliphatic heterocycles. The van der Waals surface area contributed by atoms with Crippen molar-refractivity contribution in [2.75, 3.05) is 7.11 Å². The van der Waals surface area contributed by atoms with E-state index in [0.29, 0.717) is 21.8 Å². The summed E-state index contributed by atoms with van der Waals surface area (Å²) >= 11 is 6.79. The third-order valence-electron chi connectivity index (χ3n) is 7.91. The highest BCUT2D eigenvalue weighted by Crippen LogP contribution is 2.36. The highest BCUT2D eigenvalue weighted by molar-refractivity contribution is 6.31. The molecule has 46 heavy (non-hydrogen) atoms. The number of amides is 1. The number of carbonyl (C=O) groups is 1. The number of ether oxygens (including phenoxy) is 1. The zero-order valence-electron chi connectivity index (χ0n) is 25.6. The van der Waals surface area contributed by atoms with E-state index in [-0.39, 0.29) is 41.4 Å². The molecule has 0 unspecified atom stereocenters. The molecule has 0 saturated heterocycles. The van der Waals surface area contributed by atoms with E-state index in [0.717, 1.165) is 22.8 Å². The first-order valence-electron chi connectivity index (χ1n) is 14.2. The molecule has 0 bridgehead atoms. The van der Waals surface area contributed by atoms with Gasteiger partial charge in [0.15, 0.2) is 5.75 Å². The third kappa shape index (κ3) is 6.44. The van der Waals surface area contributed by atoms with Gasteiger partial charge in [0.2, 0.25) is 5.76 Å². The van der Waals surface area contributed by atoms with Crippen molar-refractivity contribution in [3.05, 3.63) is 124 Å². The summed E-state index contributed by atoms with van der Waals surface area (Å²) in [5, 5.41) is 10.5. The summed E-state index contributed by atoms with van der Waals surface area (Å²) in [4.78, 5) is 24.5. The number of aliphatic hydroxyl groups is 1. The van der Waals surface area contributed by atoms with Crippen molar-refractivity contribution >= 4 is 28.5 Å². The second-order valence-corrected chi connectivity index (χ2v) is 11.8. The average Bonchev–Trinajstić information content (AvgIpc) is 3.50. The number of alkyl halides is 3. The van der Waals surface area contributed by atoms with Crippen LogP contribution in [0.3, 0.4) is 0 Å². The Morgan fingerprint density at radius 1 is 1.04 bits per heavy atom. The lowest BCUT2D eigenvalue weighted by Gasteiger charge is -2.25. The van der Waals surface area contributed by atoms with E-state index in [2.05, 4.69) is 16.5 Å². The number of hydrogen-bond acceptors (Lipinski definition) is 6. The van der Waals surface area contributed by atoms with Gasteiger partial charge in [-0.1, -0.05) is 54.6 Å². The van der Waals surface area contributed by atoms with Crippen LogP contribution in [0.25, 0.3) is 22.2 Å². The van der Waals surface area contributed by atoms with Crippen LogP contribution in [0.2, 0.25) is 5.02 Å². The van der Waals surface area contributed by atoms with Gasteiger partial charge in [0.05, 0.1) is 30.6 Å². The summed E-state index contributed by atoms with van der Waals surface area (Å²) in [5.74, 6) is -1.57. The molecule has 5 aromatic rings. The highest BCUT2D eigenvalue weighted by atomic mass is 35.5. The van der Waals surface area contributed by atoms with Crippen molar-refractivity contribution in [3.63, 3.8) is 0 Å². The Morgan fingerprint density at radius 2 is 1.78 bits per heavy atom. The number of aromatic nitrogens is 2. The number of methoxy groups -OCH3 is 1. The summed E-state index contributed by atoms with van der Waals surface area (Å²) in [7, 11) is 1.41. The Bertz CT molecular complexity index is 1950. The zero-order valence-corrected chi connectivity index (χ0v) is 26.3. The molecule has 1 N–H and O–H groups in total. The number of aliphatic hydroxyl groups excluding tert-OH is 1. The van der Waals surface area contributed by atoms with Gasteiger partial charge in [0, 0.05) is 23.2 Å². The quantitative estimate of drug-likeness (QED) is 0.160. The molecule has 0 spiro atoms. The lowest BCUT2D eigenvalue weighted by atomic mass is 9.82. The number of hydrogen-bond donors (Lipinski definition) is 1. The van der Waals surface area contributed by atoms with Gasteiger partial charge in [0.25, 0.3) is 5.91 Å². The van der Waals surface area contributed by atoms with Crippen molar-refractivity contribution in [3.8, 4) is 16.9 Å². The van der Waals surface area contributed by atoms with Crippen LogP contribution in [-0.4, -0.2) is 33.0 Å². The molecule has 2 aromatic carbocycles. The molecule has 3 heterocycles. The van der Waals surface area contributed by atoms with Gasteiger partial charge in [-0.2, -0.15) is 13.2 Å². The fraction of sp³-hybridized carbons (Fsp3) is 0.229. The summed E-state index contributed by atoms with van der Waals surface area (Å²) in [5.41, 5.74) is 3.66. The van der Waals surface area contributed by atoms with Crippen LogP contribution in [0, 0.1) is 6.92 Å². The first kappa shape index (κ1) is 32.6. The molecule has 5 rings (SSSR count). The van der Waals surface area contributed by atoms with Gasteiger partial charge < -0.3 is 19.2 Å². The maximum atomic E-state index is 14.3. The SMILES string of the molecule is C=C(O)C(C)(C)c1cccc(-c2ccc(CN(Cc3ccc(C(F)(F)F)o3)C(=O)c3c(OC)c(C)nc4cccnc34)c(Cl)c2)c1. The summed E-state index contributed by atoms with van der Waals surface area (Å²) in [6.07, 6.45) is -3.17. The number of nitrogens with zero attached hydrogens (tertiary/aromatic N) is 3. The van der Waals surface area contributed by atoms with E-state index in [1.165, 1.54) is 24.3 Å². The topological polar surface area (TPSA) is 88.7 Å². The highest BCUT2D eigenvalue weighted by Gasteiger charge is 2.35. The number of pyridine rings is 2. The number of carbonyl (C=O) groups excluding carboxylic acids is 1. The van der Waals surface area contributed by atoms with E-state index in [9.17, 15) is 23.1 Å². The normalized spacial score (nSPS) is 11.9. The molecule has 0 atom stereocenters. The van der Waals surface area contributed by atoms with Crippen LogP contribution < -0.4 is 4.74 Å². The fourth-order valence-corrected chi connectivity index (χ4v) is 5.36. The maximum absolute atomic E-state index is 14.3. The molecular weight excluding hydrogens is 619 g/mol. The van der Waals surface area contributed by atoms with Crippen molar-refractivity contribution in [2.45, 2.75) is 45.5 Å². The van der Waals surface area contributed by atoms with Crippen molar-refractivity contribution < 1.29 is 32.2 Å². The van der Waals surface area contributed by atoms with Crippen LogP contribution in [0.5, 0.6) is 5.75 Å². The van der Waals surface area contributed by atoms with E-state index in [4.69, 9.17) is 20.8 Å². The molecule has 0 aliphatic carbocycles. The van der Waals surface area contributed by atoms with E-state index < -0.39 is 23.3 Å². The molecule has 0 aliphatic rings. The molecular formula is C35H31ClF3N3O4. The Morgan fingerprint density at radius 3 is 2.43 bits per heavy atom. The third-order valence-corrected chi connectivity index (χ3v) is 8.27. The zero-order chi connectivity index (χ0) is 33.4. The minimum Gasteiger partial charge on any atom is -0.512 e. The van der Waals surface area contributed by atoms with Crippen LogP contribution in [0.1, 0.15) is 52.5 Å². The Labute approximate surface area is 268 Å². The number of halogens is 4. The molecule has 0 saturated carbocycles. The first-order valence-corrected chi connectivity index (χ1v) is 14.6. The monoisotopic (exact) mass is 649 g/mol. The molecule has 0 radical (unpaired) electrons. The van der Waals surface area contributed by atoms with Crippen molar-refractivity contribution in [2.24, 2.45) is 0 Å². The van der Waals surface area contributed by atoms with Gasteiger partial charge >= 0.3 is 6.18 Å². The molecule has 0 fully saturated rings. The van der Waals surface area contributed by atoms with Gasteiger partial charge in [-0.3, -0.25) is 9.78 Å². The summed E-state index contributed by atoms with van der Waals surface area (Å²) in [6.45, 7) is 8.75. The molecule has 3 aromatic heterocycles. The lowest BCUT2D eigenvalue weighted by molar-refractivity contribution is -0.153. The second kappa shape index (κ2) is 12.5. The largest absolute Gasteiger partial charge is 0.512 e. The van der Waals surface area contributed by atoms with Gasteiger partial charge in [0.1, 0.15) is 16.8 Å². The minimum atomic E-state index is -4.69. The van der Waals surface area contributed by atoms with Gasteiger partial charge in [-0.15, -0.1) is 0 Å². The summed E-state index contributed by atoms with van der Waals surface area (Å²) < 4.78 is 50.7. The number of fused-ring (bicyclic) bond motifs is 1. The molecule has 238 valence electrons. The lowest BCUT2D eigenvalue weighted by Crippen LogP contribution is -2.31. The number of aryl methyl sites for hydroxylation is 1. The van der Waals surface area contributed by atoms with E-state index in [1.54, 1.807) is 31.2 Å². The Balaban J connectivity index is 1.55. The molecule has 7 nitrogen and oxygen atoms in total. The number of furan rings is 1. The number of rotatable bonds is 9. The smallest absolute Gasteiger partial charge is 0.449 e. The van der Waals surface area contributed by atoms with E-state index >= 15 is 0 Å². The standard InChI is InChI=1S/C35H31ClF3N3O4/c1-20-32(45-5)30(31-28(41-20)10-7-15-40-31)33(44)42(19-26-13-14-29(46-26)35(37,38)39)18-24-12-11-23(17-27(24)36)22-8-6-9-25(16-22)34(3,4)21(2)43/h6-17,43H,2,18-19H2,1,3-5H3. The first-order chi connectivity index (χ1) is 21.7. The molecule has 11 heteroatoms. The number of benzene rings is 2. The maximum Gasteiger partial charge on any atom is 0.449 e. The van der Waals surface area contributed by atoms with Crippen LogP contribution in [0.15, 0.2) is 89.7 Å². The number of allylic oxidation sites excluding steroid dienone is 1. The van der Waals surface area contributed by atoms with Crippen molar-refractivity contribution in [1.29, 1.82) is 0 Å². The summed E-state index contributed by atoms with van der Waals surface area (Å²) in [6, 6.07) is 18.4.